The van der Waals surface area contributed by atoms with Gasteiger partial charge in [0, 0.05) is 12.1 Å². The van der Waals surface area contributed by atoms with E-state index >= 15 is 0 Å². The molecule has 34 heavy (non-hydrogen) atoms. The van der Waals surface area contributed by atoms with Gasteiger partial charge in [-0.2, -0.15) is 5.10 Å². The first-order valence-corrected chi connectivity index (χ1v) is 10.9. The van der Waals surface area contributed by atoms with Crippen LogP contribution in [0, 0.1) is 5.82 Å². The third-order valence-electron chi connectivity index (χ3n) is 5.91. The molecule has 0 saturated heterocycles. The lowest BCUT2D eigenvalue weighted by atomic mass is 10.1. The highest BCUT2D eigenvalue weighted by Gasteiger charge is 2.22. The number of amides is 1. The third kappa shape index (κ3) is 3.96. The summed E-state index contributed by atoms with van der Waals surface area (Å²) >= 11 is 0. The van der Waals surface area contributed by atoms with Crippen LogP contribution in [0.4, 0.5) is 10.2 Å². The number of hydrogen-bond donors (Lipinski definition) is 2. The van der Waals surface area contributed by atoms with Crippen molar-refractivity contribution in [1.82, 2.24) is 25.1 Å². The minimum Gasteiger partial charge on any atom is -0.496 e. The maximum atomic E-state index is 13.6. The maximum Gasteiger partial charge on any atom is 0.255 e. The predicted octanol–water partition coefficient (Wildman–Crippen LogP) is 4.04. The van der Waals surface area contributed by atoms with E-state index in [4.69, 9.17) is 15.6 Å². The van der Waals surface area contributed by atoms with Gasteiger partial charge in [-0.25, -0.2) is 19.0 Å². The van der Waals surface area contributed by atoms with E-state index in [1.807, 2.05) is 28.9 Å². The first kappa shape index (κ1) is 21.6. The van der Waals surface area contributed by atoms with Crippen molar-refractivity contribution in [2.45, 2.75) is 25.4 Å². The Morgan fingerprint density at radius 2 is 2.06 bits per heavy atom. The number of nitrogens with two attached hydrogens (primary N) is 1. The minimum absolute atomic E-state index is 0.139. The number of methoxy groups -OCH3 is 1. The number of nitrogens with zero attached hydrogens (tertiary/aromatic N) is 4. The van der Waals surface area contributed by atoms with E-state index in [1.165, 1.54) is 25.6 Å². The van der Waals surface area contributed by atoms with E-state index in [1.54, 1.807) is 0 Å². The molecule has 4 aromatic rings. The summed E-state index contributed by atoms with van der Waals surface area (Å²) in [6.45, 7) is 0.270. The average Bonchev–Trinajstić information content (AvgIpc) is 3.52. The number of anilines is 1. The number of halogens is 1. The third-order valence-corrected chi connectivity index (χ3v) is 5.91. The summed E-state index contributed by atoms with van der Waals surface area (Å²) in [6, 6.07) is 11.6. The molecule has 1 unspecified atom stereocenters. The molecule has 3 N–H and O–H groups in total. The monoisotopic (exact) mass is 458 g/mol. The highest BCUT2D eigenvalue weighted by atomic mass is 19.1. The predicted molar refractivity (Wildman–Crippen MR) is 127 cm³/mol. The fraction of sp³-hybridized carbons (Fsp3) is 0.200. The Morgan fingerprint density at radius 3 is 2.79 bits per heavy atom. The van der Waals surface area contributed by atoms with E-state index in [9.17, 15) is 9.18 Å². The fourth-order valence-electron chi connectivity index (χ4n) is 4.16. The second kappa shape index (κ2) is 8.93. The molecular weight excluding hydrogens is 435 g/mol. The summed E-state index contributed by atoms with van der Waals surface area (Å²) in [5, 5.41) is 8.36. The van der Waals surface area contributed by atoms with Crippen LogP contribution in [0.2, 0.25) is 0 Å². The smallest absolute Gasteiger partial charge is 0.255 e. The van der Waals surface area contributed by atoms with E-state index < -0.39 is 11.7 Å². The molecule has 1 aliphatic carbocycles. The second-order valence-electron chi connectivity index (χ2n) is 8.05. The summed E-state index contributed by atoms with van der Waals surface area (Å²) in [5.41, 5.74) is 9.51. The summed E-state index contributed by atoms with van der Waals surface area (Å²) in [6.07, 6.45) is 7.70. The zero-order valence-corrected chi connectivity index (χ0v) is 18.5. The van der Waals surface area contributed by atoms with Crippen LogP contribution in [-0.4, -0.2) is 32.8 Å². The van der Waals surface area contributed by atoms with E-state index in [0.29, 0.717) is 22.9 Å². The largest absolute Gasteiger partial charge is 0.496 e. The molecule has 2 heterocycles. The molecule has 1 amide bonds. The van der Waals surface area contributed by atoms with E-state index in [-0.39, 0.29) is 18.2 Å². The minimum atomic E-state index is -0.502. The Bertz CT molecular complexity index is 1400. The van der Waals surface area contributed by atoms with Gasteiger partial charge in [-0.3, -0.25) is 4.79 Å². The van der Waals surface area contributed by atoms with Gasteiger partial charge in [-0.15, -0.1) is 0 Å². The second-order valence-corrected chi connectivity index (χ2v) is 8.05. The van der Waals surface area contributed by atoms with Crippen molar-refractivity contribution < 1.29 is 13.9 Å². The van der Waals surface area contributed by atoms with E-state index in [2.05, 4.69) is 27.4 Å². The molecule has 5 rings (SSSR count). The topological polar surface area (TPSA) is 108 Å². The maximum absolute atomic E-state index is 13.6. The number of benzene rings is 2. The van der Waals surface area contributed by atoms with Crippen molar-refractivity contribution in [2.75, 3.05) is 12.8 Å². The number of nitrogens with one attached hydrogen (secondary N) is 1. The number of hydrogen-bond acceptors (Lipinski definition) is 6. The first-order valence-electron chi connectivity index (χ1n) is 10.9. The van der Waals surface area contributed by atoms with Gasteiger partial charge >= 0.3 is 0 Å². The fourth-order valence-corrected chi connectivity index (χ4v) is 4.16. The number of allylic oxidation sites excluding steroid dienone is 2. The number of carbonyl (C=O) groups is 1. The normalized spacial score (nSPS) is 15.1. The molecule has 0 saturated carbocycles. The molecule has 9 heteroatoms. The molecule has 0 radical (unpaired) electrons. The number of rotatable bonds is 6. The van der Waals surface area contributed by atoms with Gasteiger partial charge in [0.2, 0.25) is 0 Å². The summed E-state index contributed by atoms with van der Waals surface area (Å²) in [4.78, 5) is 21.1. The number of nitrogen functional groups attached to an aromatic ring is 1. The SMILES string of the molecule is COc1ccc(F)cc1C(=O)NCc1ccc(-c2nn(C3C=CCC3)c3ncnc(N)c23)cc1. The summed E-state index contributed by atoms with van der Waals surface area (Å²) < 4.78 is 20.7. The van der Waals surface area contributed by atoms with Crippen LogP contribution < -0.4 is 15.8 Å². The van der Waals surface area contributed by atoms with Crippen molar-refractivity contribution in [1.29, 1.82) is 0 Å². The van der Waals surface area contributed by atoms with Crippen LogP contribution >= 0.6 is 0 Å². The Labute approximate surface area is 195 Å². The Balaban J connectivity index is 1.38. The van der Waals surface area contributed by atoms with Gasteiger partial charge in [0.1, 0.15) is 29.4 Å². The molecule has 0 bridgehead atoms. The summed E-state index contributed by atoms with van der Waals surface area (Å²) in [7, 11) is 1.44. The van der Waals surface area contributed by atoms with Crippen molar-refractivity contribution in [2.24, 2.45) is 0 Å². The lowest BCUT2D eigenvalue weighted by Crippen LogP contribution is -2.23. The van der Waals surface area contributed by atoms with Crippen LogP contribution in [0.25, 0.3) is 22.3 Å². The number of carbonyl (C=O) groups excluding carboxylic acids is 1. The van der Waals surface area contributed by atoms with Crippen LogP contribution in [-0.2, 0) is 6.54 Å². The molecule has 1 atom stereocenters. The average molecular weight is 458 g/mol. The standard InChI is InChI=1S/C25H23FN6O2/c1-34-20-11-10-17(26)12-19(20)25(33)28-13-15-6-8-16(9-7-15)22-21-23(27)29-14-30-24(21)32(31-22)18-4-2-3-5-18/h2,4,6-12,14,18H,3,5,13H2,1H3,(H,28,33)(H2,27,29,30). The van der Waals surface area contributed by atoms with Crippen molar-refractivity contribution in [3.05, 3.63) is 77.9 Å². The lowest BCUT2D eigenvalue weighted by Gasteiger charge is -2.10. The molecule has 0 spiro atoms. The first-order chi connectivity index (χ1) is 16.5. The molecular formula is C25H23FN6O2. The molecule has 2 aromatic carbocycles. The molecule has 1 aliphatic rings. The van der Waals surface area contributed by atoms with Crippen LogP contribution in [0.15, 0.2) is 60.9 Å². The van der Waals surface area contributed by atoms with Gasteiger partial charge in [0.15, 0.2) is 5.65 Å². The van der Waals surface area contributed by atoms with Gasteiger partial charge < -0.3 is 15.8 Å². The van der Waals surface area contributed by atoms with Gasteiger partial charge in [-0.05, 0) is 36.6 Å². The number of aromatic nitrogens is 4. The zero-order valence-electron chi connectivity index (χ0n) is 18.5. The van der Waals surface area contributed by atoms with Crippen LogP contribution in [0.3, 0.4) is 0 Å². The zero-order chi connectivity index (χ0) is 23.7. The van der Waals surface area contributed by atoms with E-state index in [0.717, 1.165) is 35.4 Å². The number of ether oxygens (including phenoxy) is 1. The van der Waals surface area contributed by atoms with Crippen LogP contribution in [0.5, 0.6) is 5.75 Å². The van der Waals surface area contributed by atoms with Crippen molar-refractivity contribution in [3.8, 4) is 17.0 Å². The van der Waals surface area contributed by atoms with Gasteiger partial charge in [-0.1, -0.05) is 36.4 Å². The van der Waals surface area contributed by atoms with Gasteiger partial charge in [0.05, 0.1) is 24.1 Å². The highest BCUT2D eigenvalue weighted by Crippen LogP contribution is 2.34. The van der Waals surface area contributed by atoms with Crippen LogP contribution in [0.1, 0.15) is 34.8 Å². The Hall–Kier alpha value is -4.27. The summed E-state index contributed by atoms with van der Waals surface area (Å²) in [5.74, 6) is -0.222. The van der Waals surface area contributed by atoms with Gasteiger partial charge in [0.25, 0.3) is 5.91 Å². The molecule has 2 aromatic heterocycles. The highest BCUT2D eigenvalue weighted by molar-refractivity contribution is 5.98. The molecule has 8 nitrogen and oxygen atoms in total. The number of fused-ring (bicyclic) bond motifs is 1. The lowest BCUT2D eigenvalue weighted by molar-refractivity contribution is 0.0947. The Morgan fingerprint density at radius 1 is 1.24 bits per heavy atom. The Kier molecular flexibility index (Phi) is 5.67. The molecule has 0 aliphatic heterocycles. The van der Waals surface area contributed by atoms with Crippen molar-refractivity contribution in [3.63, 3.8) is 0 Å². The molecule has 0 fully saturated rings. The molecule has 172 valence electrons. The van der Waals surface area contributed by atoms with Crippen molar-refractivity contribution >= 4 is 22.8 Å². The quantitative estimate of drug-likeness (QED) is 0.422.